The van der Waals surface area contributed by atoms with Crippen molar-refractivity contribution in [2.75, 3.05) is 26.4 Å². The lowest BCUT2D eigenvalue weighted by atomic mass is 9.88. The summed E-state index contributed by atoms with van der Waals surface area (Å²) in [4.78, 5) is 38.7. The number of hydrogen-bond acceptors (Lipinski definition) is 20. The molecule has 0 radical (unpaired) electrons. The van der Waals surface area contributed by atoms with Gasteiger partial charge in [-0.1, -0.05) is 289 Å². The molecule has 0 aromatic carbocycles. The molecule has 0 bridgehead atoms. The second-order valence-electron chi connectivity index (χ2n) is 30.0. The second kappa shape index (κ2) is 58.5. The Kier molecular flexibility index (Phi) is 53.7. The van der Waals surface area contributed by atoms with Crippen LogP contribution in [0.25, 0.3) is 0 Å². The van der Waals surface area contributed by atoms with Gasteiger partial charge in [-0.25, -0.2) is 4.79 Å². The summed E-state index contributed by atoms with van der Waals surface area (Å²) in [6, 6.07) is -2.53. The minimum absolute atomic E-state index is 0.227. The van der Waals surface area contributed by atoms with Crippen LogP contribution in [0, 0.1) is 0 Å². The van der Waals surface area contributed by atoms with Crippen molar-refractivity contribution in [3.8, 4) is 0 Å². The Morgan fingerprint density at radius 3 is 1.32 bits per heavy atom. The highest BCUT2D eigenvalue weighted by Crippen LogP contribution is 2.39. The van der Waals surface area contributed by atoms with E-state index in [1.165, 1.54) is 231 Å². The Morgan fingerprint density at radius 2 is 0.912 bits per heavy atom. The normalized spacial score (nSPS) is 26.7. The first-order valence-corrected chi connectivity index (χ1v) is 41.0. The monoisotopic (exact) mass is 1460 g/mol. The van der Waals surface area contributed by atoms with Gasteiger partial charge >= 0.3 is 5.97 Å². The number of hydrogen-bond donors (Lipinski definition) is 14. The first-order valence-electron chi connectivity index (χ1n) is 41.0. The summed E-state index contributed by atoms with van der Waals surface area (Å²) < 4.78 is 34.9. The van der Waals surface area contributed by atoms with Crippen LogP contribution in [0.15, 0.2) is 12.2 Å². The number of aliphatic hydroxyl groups excluding tert-OH is 11. The highest BCUT2D eigenvalue weighted by Gasteiger charge is 2.60. The van der Waals surface area contributed by atoms with E-state index < -0.39 is 148 Å². The molecule has 18 unspecified atom stereocenters. The number of carbonyl (C=O) groups is 3. The van der Waals surface area contributed by atoms with E-state index in [0.717, 1.165) is 58.3 Å². The lowest BCUT2D eigenvalue weighted by Crippen LogP contribution is -2.70. The molecule has 102 heavy (non-hydrogen) atoms. The Bertz CT molecular complexity index is 2080. The molecule has 3 saturated heterocycles. The van der Waals surface area contributed by atoms with Crippen LogP contribution in [0.2, 0.25) is 0 Å². The Balaban J connectivity index is 1.42. The molecule has 23 nitrogen and oxygen atoms in total. The van der Waals surface area contributed by atoms with Gasteiger partial charge in [-0.3, -0.25) is 9.59 Å². The molecule has 0 saturated carbocycles. The second-order valence-corrected chi connectivity index (χ2v) is 30.0. The number of carbonyl (C=O) groups excluding carboxylic acids is 2. The molecule has 14 N–H and O–H groups in total. The van der Waals surface area contributed by atoms with Gasteiger partial charge in [0.15, 0.2) is 12.6 Å². The number of aliphatic hydroxyl groups is 11. The molecular weight excluding hydrogens is 1310 g/mol. The van der Waals surface area contributed by atoms with Gasteiger partial charge in [0.25, 0.3) is 5.79 Å². The van der Waals surface area contributed by atoms with Crippen LogP contribution >= 0.6 is 0 Å². The average molecular weight is 1460 g/mol. The fraction of sp³-hybridized carbons (Fsp3) is 0.937. The predicted molar refractivity (Wildman–Crippen MR) is 394 cm³/mol. The number of ether oxygens (including phenoxy) is 6. The van der Waals surface area contributed by atoms with Crippen LogP contribution in [-0.2, 0) is 42.8 Å². The van der Waals surface area contributed by atoms with Crippen LogP contribution in [0.5, 0.6) is 0 Å². The standard InChI is InChI=1S/C79H148N2O21/c1-4-6-8-10-12-14-16-18-19-20-21-22-23-24-25-26-27-28-29-30-31-32-33-34-35-36-37-38-39-41-43-45-47-49-51-53-66(89)81-60(61(86)52-50-48-46-44-42-40-17-15-13-11-9-7-5-2)58-97-76-71(93)70(92)73(65(57-84)99-76)100-77-72(94)75(69(91)64(56-83)98-77)102-79(78(95)96)54-62(87)67(80-59(3)85)74(101-79)68(90)63(88)55-82/h26-27,60-65,67-77,82-84,86-88,90-94H,4-25,28-58H2,1-3H3,(H,80,85)(H,81,89)(H,95,96)/b27-26-. The summed E-state index contributed by atoms with van der Waals surface area (Å²) in [6.45, 7) is 2.24. The number of amides is 2. The minimum atomic E-state index is -3.08. The first-order chi connectivity index (χ1) is 49.4. The van der Waals surface area contributed by atoms with Crippen molar-refractivity contribution in [3.05, 3.63) is 12.2 Å². The van der Waals surface area contributed by atoms with Crippen molar-refractivity contribution < 1.29 is 104 Å². The van der Waals surface area contributed by atoms with Gasteiger partial charge in [0.05, 0.1) is 50.7 Å². The molecule has 3 rings (SSSR count). The third-order valence-corrected chi connectivity index (χ3v) is 21.0. The fourth-order valence-electron chi connectivity index (χ4n) is 14.5. The molecule has 2 amide bonds. The molecule has 3 aliphatic heterocycles. The van der Waals surface area contributed by atoms with E-state index in [0.29, 0.717) is 19.3 Å². The zero-order chi connectivity index (χ0) is 74.6. The SMILES string of the molecule is CCCCCCCCCCCCCCCC/C=C\CCCCCCCCCCCCCCCCCCCC(=O)NC(COC1OC(CO)C(OC2OC(CO)C(O)C(OC3(C(=O)O)CC(O)C(NC(C)=O)C(C(O)C(O)CO)O3)C2O)C(O)C1O)C(O)CCCCCCCCCCCCCCC. The minimum Gasteiger partial charge on any atom is -0.477 e. The number of unbranched alkanes of at least 4 members (excludes halogenated alkanes) is 43. The third-order valence-electron chi connectivity index (χ3n) is 21.0. The lowest BCUT2D eigenvalue weighted by Gasteiger charge is -2.50. The zero-order valence-electron chi connectivity index (χ0n) is 63.5. The van der Waals surface area contributed by atoms with E-state index in [1.807, 2.05) is 0 Å². The molecule has 0 aromatic heterocycles. The van der Waals surface area contributed by atoms with Crippen LogP contribution in [0.3, 0.4) is 0 Å². The Hall–Kier alpha value is -2.53. The summed E-state index contributed by atoms with van der Waals surface area (Å²) in [5, 5.41) is 136. The van der Waals surface area contributed by atoms with Gasteiger partial charge in [0, 0.05) is 19.8 Å². The molecule has 0 spiro atoms. The van der Waals surface area contributed by atoms with Gasteiger partial charge in [0.1, 0.15) is 67.1 Å². The number of rotatable bonds is 65. The van der Waals surface area contributed by atoms with E-state index in [1.54, 1.807) is 0 Å². The Morgan fingerprint density at radius 1 is 0.500 bits per heavy atom. The average Bonchev–Trinajstić information content (AvgIpc) is 0.758. The smallest absolute Gasteiger partial charge is 0.364 e. The van der Waals surface area contributed by atoms with Crippen LogP contribution in [0.4, 0.5) is 0 Å². The van der Waals surface area contributed by atoms with Crippen LogP contribution in [-0.4, -0.2) is 215 Å². The molecule has 3 aliphatic rings. The number of aliphatic carboxylic acids is 1. The maximum atomic E-state index is 13.5. The predicted octanol–water partition coefficient (Wildman–Crippen LogP) is 11.0. The van der Waals surface area contributed by atoms with Crippen molar-refractivity contribution in [2.45, 2.75) is 445 Å². The highest BCUT2D eigenvalue weighted by atomic mass is 16.8. The molecular formula is C79H148N2O21. The summed E-state index contributed by atoms with van der Waals surface area (Å²) >= 11 is 0. The summed E-state index contributed by atoms with van der Waals surface area (Å²) in [5.74, 6) is -6.09. The van der Waals surface area contributed by atoms with Gasteiger partial charge < -0.3 is 100 Å². The van der Waals surface area contributed by atoms with Gasteiger partial charge in [-0.05, 0) is 38.5 Å². The summed E-state index contributed by atoms with van der Waals surface area (Å²) in [6.07, 6.45) is 33.9. The van der Waals surface area contributed by atoms with Gasteiger partial charge in [-0.15, -0.1) is 0 Å². The van der Waals surface area contributed by atoms with Gasteiger partial charge in [-0.2, -0.15) is 0 Å². The Labute approximate surface area is 613 Å². The van der Waals surface area contributed by atoms with E-state index in [2.05, 4.69) is 36.6 Å². The van der Waals surface area contributed by atoms with Crippen molar-refractivity contribution in [1.29, 1.82) is 0 Å². The number of carboxylic acid groups (broad SMARTS) is 1. The summed E-state index contributed by atoms with van der Waals surface area (Å²) in [7, 11) is 0. The van der Waals surface area contributed by atoms with E-state index >= 15 is 0 Å². The molecule has 600 valence electrons. The fourth-order valence-corrected chi connectivity index (χ4v) is 14.5. The van der Waals surface area contributed by atoms with E-state index in [-0.39, 0.29) is 18.9 Å². The van der Waals surface area contributed by atoms with Gasteiger partial charge in [0.2, 0.25) is 11.8 Å². The maximum absolute atomic E-state index is 13.5. The van der Waals surface area contributed by atoms with Crippen molar-refractivity contribution in [1.82, 2.24) is 10.6 Å². The topological polar surface area (TPSA) is 373 Å². The van der Waals surface area contributed by atoms with Crippen LogP contribution < -0.4 is 10.6 Å². The van der Waals surface area contributed by atoms with Crippen molar-refractivity contribution in [3.63, 3.8) is 0 Å². The zero-order valence-corrected chi connectivity index (χ0v) is 63.5. The largest absolute Gasteiger partial charge is 0.477 e. The molecule has 23 heteroatoms. The van der Waals surface area contributed by atoms with E-state index in [4.69, 9.17) is 28.4 Å². The van der Waals surface area contributed by atoms with E-state index in [9.17, 15) is 75.7 Å². The molecule has 3 heterocycles. The number of carboxylic acids is 1. The lowest BCUT2D eigenvalue weighted by molar-refractivity contribution is -0.386. The molecule has 18 atom stereocenters. The molecule has 3 fully saturated rings. The van der Waals surface area contributed by atoms with Crippen molar-refractivity contribution >= 4 is 17.8 Å². The maximum Gasteiger partial charge on any atom is 0.364 e. The first kappa shape index (κ1) is 93.7. The molecule has 0 aromatic rings. The number of nitrogens with one attached hydrogen (secondary N) is 2. The molecule has 0 aliphatic carbocycles. The summed E-state index contributed by atoms with van der Waals surface area (Å²) in [5.41, 5.74) is 0. The van der Waals surface area contributed by atoms with Crippen molar-refractivity contribution in [2.24, 2.45) is 0 Å². The highest BCUT2D eigenvalue weighted by molar-refractivity contribution is 5.77. The third kappa shape index (κ3) is 38.5. The van der Waals surface area contributed by atoms with Crippen LogP contribution in [0.1, 0.15) is 335 Å². The quantitative estimate of drug-likeness (QED) is 0.0199. The number of allylic oxidation sites excluding steroid dienone is 2.